The smallest absolute Gasteiger partial charge is 0.319 e. The lowest BCUT2D eigenvalue weighted by molar-refractivity contribution is 0.0714. The summed E-state index contributed by atoms with van der Waals surface area (Å²) in [7, 11) is 3.60. The van der Waals surface area contributed by atoms with Gasteiger partial charge in [-0.15, -0.1) is 0 Å². The summed E-state index contributed by atoms with van der Waals surface area (Å²) in [6, 6.07) is 8.78. The van der Waals surface area contributed by atoms with Crippen LogP contribution in [0.15, 0.2) is 24.3 Å². The summed E-state index contributed by atoms with van der Waals surface area (Å²) in [6.45, 7) is 8.04. The number of benzene rings is 1. The van der Waals surface area contributed by atoms with Crippen LogP contribution in [0.4, 0.5) is 4.79 Å². The van der Waals surface area contributed by atoms with Crippen LogP contribution in [-0.4, -0.2) is 71.7 Å². The first-order valence-electron chi connectivity index (χ1n) is 8.73. The number of amides is 2. The van der Waals surface area contributed by atoms with Gasteiger partial charge in [-0.3, -0.25) is 4.90 Å². The molecule has 1 aliphatic rings. The van der Waals surface area contributed by atoms with Crippen molar-refractivity contribution in [1.29, 1.82) is 0 Å². The van der Waals surface area contributed by atoms with E-state index >= 15 is 0 Å². The Bertz CT molecular complexity index is 527. The summed E-state index contributed by atoms with van der Waals surface area (Å²) >= 11 is 0. The molecule has 1 fully saturated rings. The maximum absolute atomic E-state index is 11.9. The first-order valence-corrected chi connectivity index (χ1v) is 8.73. The van der Waals surface area contributed by atoms with Crippen LogP contribution in [0.5, 0.6) is 0 Å². The van der Waals surface area contributed by atoms with Crippen molar-refractivity contribution < 1.29 is 9.90 Å². The minimum Gasteiger partial charge on any atom is -0.390 e. The monoisotopic (exact) mass is 333 g/mol. The number of carbonyl (C=O) groups excluding carboxylic acids is 1. The van der Waals surface area contributed by atoms with Crippen LogP contribution in [0.2, 0.25) is 0 Å². The minimum atomic E-state index is -0.609. The van der Waals surface area contributed by atoms with Gasteiger partial charge in [-0.2, -0.15) is 0 Å². The number of carbonyl (C=O) groups is 1. The molecule has 5 heteroatoms. The predicted molar refractivity (Wildman–Crippen MR) is 97.0 cm³/mol. The number of aliphatic hydroxyl groups is 1. The van der Waals surface area contributed by atoms with Crippen molar-refractivity contribution in [1.82, 2.24) is 14.7 Å². The fourth-order valence-corrected chi connectivity index (χ4v) is 2.90. The van der Waals surface area contributed by atoms with Crippen molar-refractivity contribution in [3.8, 4) is 0 Å². The molecule has 0 saturated carbocycles. The van der Waals surface area contributed by atoms with Crippen molar-refractivity contribution in [2.75, 3.05) is 40.3 Å². The Morgan fingerprint density at radius 3 is 2.12 bits per heavy atom. The molecule has 1 aromatic carbocycles. The maximum Gasteiger partial charge on any atom is 0.319 e. The molecule has 1 aromatic rings. The number of hydrogen-bond acceptors (Lipinski definition) is 3. The van der Waals surface area contributed by atoms with Crippen molar-refractivity contribution >= 4 is 6.03 Å². The van der Waals surface area contributed by atoms with E-state index in [-0.39, 0.29) is 6.03 Å². The Labute approximate surface area is 145 Å². The average Bonchev–Trinajstić information content (AvgIpc) is 2.53. The van der Waals surface area contributed by atoms with Gasteiger partial charge in [0.15, 0.2) is 0 Å². The molecule has 0 atom stereocenters. The number of rotatable bonds is 5. The molecule has 5 nitrogen and oxygen atoms in total. The lowest BCUT2D eigenvalue weighted by Gasteiger charge is -2.36. The topological polar surface area (TPSA) is 47.0 Å². The summed E-state index contributed by atoms with van der Waals surface area (Å²) in [5.74, 6) is 0. The second kappa shape index (κ2) is 7.99. The van der Waals surface area contributed by atoms with Gasteiger partial charge in [0.05, 0.1) is 5.60 Å². The Kier molecular flexibility index (Phi) is 6.24. The molecular formula is C19H31N3O2. The van der Waals surface area contributed by atoms with Crippen molar-refractivity contribution in [2.24, 2.45) is 0 Å². The molecule has 2 amide bonds. The van der Waals surface area contributed by atoms with Gasteiger partial charge in [0, 0.05) is 46.8 Å². The summed E-state index contributed by atoms with van der Waals surface area (Å²) in [4.78, 5) is 17.9. The maximum atomic E-state index is 11.9. The van der Waals surface area contributed by atoms with Crippen LogP contribution in [0.25, 0.3) is 0 Å². The van der Waals surface area contributed by atoms with Crippen LogP contribution >= 0.6 is 0 Å². The van der Waals surface area contributed by atoms with Crippen LogP contribution < -0.4 is 0 Å². The highest BCUT2D eigenvalue weighted by Gasteiger charge is 2.22. The predicted octanol–water partition coefficient (Wildman–Crippen LogP) is 2.19. The molecule has 1 aliphatic heterocycles. The Morgan fingerprint density at radius 2 is 1.62 bits per heavy atom. The summed E-state index contributed by atoms with van der Waals surface area (Å²) in [5.41, 5.74) is 1.96. The summed E-state index contributed by atoms with van der Waals surface area (Å²) < 4.78 is 0. The molecule has 1 N–H and O–H groups in total. The van der Waals surface area contributed by atoms with E-state index in [0.717, 1.165) is 45.6 Å². The van der Waals surface area contributed by atoms with E-state index in [9.17, 15) is 9.90 Å². The molecule has 1 saturated heterocycles. The van der Waals surface area contributed by atoms with E-state index in [2.05, 4.69) is 29.2 Å². The molecule has 2 rings (SSSR count). The quantitative estimate of drug-likeness (QED) is 0.898. The van der Waals surface area contributed by atoms with E-state index in [1.54, 1.807) is 19.0 Å². The Balaban J connectivity index is 1.79. The van der Waals surface area contributed by atoms with Gasteiger partial charge in [-0.1, -0.05) is 24.3 Å². The second-order valence-corrected chi connectivity index (χ2v) is 7.57. The van der Waals surface area contributed by atoms with Crippen LogP contribution in [-0.2, 0) is 13.0 Å². The molecule has 0 bridgehead atoms. The average molecular weight is 333 g/mol. The number of aryl methyl sites for hydroxylation is 1. The van der Waals surface area contributed by atoms with Gasteiger partial charge in [0.2, 0.25) is 0 Å². The SMILES string of the molecule is CN(C)C(=O)N1CCN(Cc2ccc(CCC(C)(C)O)cc2)CC1. The van der Waals surface area contributed by atoms with E-state index in [4.69, 9.17) is 0 Å². The van der Waals surface area contributed by atoms with E-state index < -0.39 is 5.60 Å². The van der Waals surface area contributed by atoms with Crippen LogP contribution in [0, 0.1) is 0 Å². The minimum absolute atomic E-state index is 0.103. The van der Waals surface area contributed by atoms with Crippen molar-refractivity contribution in [3.05, 3.63) is 35.4 Å². The van der Waals surface area contributed by atoms with Gasteiger partial charge in [-0.05, 0) is 37.8 Å². The zero-order valence-corrected chi connectivity index (χ0v) is 15.5. The van der Waals surface area contributed by atoms with Gasteiger partial charge in [0.25, 0.3) is 0 Å². The molecule has 0 unspecified atom stereocenters. The van der Waals surface area contributed by atoms with Gasteiger partial charge in [-0.25, -0.2) is 4.79 Å². The molecule has 0 radical (unpaired) electrons. The zero-order chi connectivity index (χ0) is 17.7. The summed E-state index contributed by atoms with van der Waals surface area (Å²) in [5, 5.41) is 9.81. The van der Waals surface area contributed by atoms with Crippen LogP contribution in [0.3, 0.4) is 0 Å². The number of urea groups is 1. The third-order valence-corrected chi connectivity index (χ3v) is 4.48. The van der Waals surface area contributed by atoms with Gasteiger partial charge >= 0.3 is 6.03 Å². The largest absolute Gasteiger partial charge is 0.390 e. The highest BCUT2D eigenvalue weighted by Crippen LogP contribution is 2.15. The Hall–Kier alpha value is -1.59. The number of hydrogen-bond donors (Lipinski definition) is 1. The van der Waals surface area contributed by atoms with E-state index in [1.165, 1.54) is 11.1 Å². The number of nitrogens with zero attached hydrogens (tertiary/aromatic N) is 3. The molecule has 0 spiro atoms. The number of piperazine rings is 1. The standard InChI is InChI=1S/C19H31N3O2/c1-19(2,24)10-9-16-5-7-17(8-6-16)15-21-11-13-22(14-12-21)18(23)20(3)4/h5-8,24H,9-15H2,1-4H3. The second-order valence-electron chi connectivity index (χ2n) is 7.57. The third kappa shape index (κ3) is 5.80. The van der Waals surface area contributed by atoms with Crippen molar-refractivity contribution in [3.63, 3.8) is 0 Å². The lowest BCUT2D eigenvalue weighted by atomic mass is 9.98. The first kappa shape index (κ1) is 18.7. The fourth-order valence-electron chi connectivity index (χ4n) is 2.90. The van der Waals surface area contributed by atoms with E-state index in [0.29, 0.717) is 0 Å². The summed E-state index contributed by atoms with van der Waals surface area (Å²) in [6.07, 6.45) is 1.67. The molecule has 0 aliphatic carbocycles. The molecule has 24 heavy (non-hydrogen) atoms. The van der Waals surface area contributed by atoms with Gasteiger partial charge in [0.1, 0.15) is 0 Å². The van der Waals surface area contributed by atoms with Gasteiger partial charge < -0.3 is 14.9 Å². The lowest BCUT2D eigenvalue weighted by Crippen LogP contribution is -2.51. The van der Waals surface area contributed by atoms with Crippen molar-refractivity contribution in [2.45, 2.75) is 38.8 Å². The van der Waals surface area contributed by atoms with Crippen LogP contribution in [0.1, 0.15) is 31.4 Å². The Morgan fingerprint density at radius 1 is 1.08 bits per heavy atom. The highest BCUT2D eigenvalue weighted by molar-refractivity contribution is 5.73. The fraction of sp³-hybridized carbons (Fsp3) is 0.632. The third-order valence-electron chi connectivity index (χ3n) is 4.48. The molecule has 0 aromatic heterocycles. The zero-order valence-electron chi connectivity index (χ0n) is 15.5. The van der Waals surface area contributed by atoms with E-state index in [1.807, 2.05) is 18.7 Å². The first-order chi connectivity index (χ1) is 11.2. The molecular weight excluding hydrogens is 302 g/mol. The normalized spacial score (nSPS) is 16.3. The molecule has 1 heterocycles. The molecule has 134 valence electrons. The highest BCUT2D eigenvalue weighted by atomic mass is 16.3.